The van der Waals surface area contributed by atoms with Gasteiger partial charge in [-0.05, 0) is 161 Å². The molecule has 0 fully saturated rings. The molecule has 0 unspecified atom stereocenters. The van der Waals surface area contributed by atoms with Gasteiger partial charge >= 0.3 is 0 Å². The SMILES string of the molecule is COc1c(C)cc(C(C)(C)C)cc1Cc1cc(C(C)(C)C)cc(C)c1OCCOCCOc1cc(C)c(OCCOCCOc2ccc(C(C)(C)C)cc2C)cc1-c1ccc(C)s1.COc1ccc(C(C)(C)C)cc1C. The number of benzene rings is 5. The first-order chi connectivity index (χ1) is 35.6. The molecule has 0 N–H and O–H groups in total. The number of aryl methyl sites for hydroxylation is 6. The monoisotopic (exact) mass is 1060 g/mol. The van der Waals surface area contributed by atoms with Crippen LogP contribution in [0.1, 0.15) is 149 Å². The Bertz CT molecular complexity index is 2830. The molecule has 8 nitrogen and oxygen atoms in total. The van der Waals surface area contributed by atoms with Gasteiger partial charge in [-0.3, -0.25) is 0 Å². The standard InChI is InChI=1S/C55H74O7S.C12H18O/c1-36-28-43(53(6,7)8)17-18-47(36)59-24-20-57-21-25-60-48-35-46(50-19-16-40(5)63-50)49(31-37(48)2)61-26-22-58-23-27-62-52-39(4)30-45(55(12,13)14)34-42(52)32-41-33-44(54(9,10)11)29-38(3)51(41)56-15;1-9-8-10(12(2,3)4)6-7-11(9)13-5/h16-19,28-31,33-35H,20-27,32H2,1-15H3;6-8H,1-5H3. The van der Waals surface area contributed by atoms with Gasteiger partial charge in [-0.25, -0.2) is 0 Å². The molecule has 0 aliphatic heterocycles. The molecule has 414 valence electrons. The van der Waals surface area contributed by atoms with Crippen LogP contribution in [0.5, 0.6) is 34.5 Å². The summed E-state index contributed by atoms with van der Waals surface area (Å²) >= 11 is 1.74. The molecule has 1 aromatic heterocycles. The van der Waals surface area contributed by atoms with E-state index in [9.17, 15) is 0 Å². The zero-order valence-electron chi connectivity index (χ0n) is 50.1. The fourth-order valence-corrected chi connectivity index (χ4v) is 9.78. The largest absolute Gasteiger partial charge is 0.496 e. The first-order valence-corrected chi connectivity index (χ1v) is 27.9. The maximum atomic E-state index is 6.54. The summed E-state index contributed by atoms with van der Waals surface area (Å²) in [5.41, 5.74) is 14.5. The van der Waals surface area contributed by atoms with Crippen molar-refractivity contribution < 1.29 is 37.9 Å². The fraction of sp³-hybridized carbons (Fsp3) is 0.493. The molecular weight excluding hydrogens is 965 g/mol. The van der Waals surface area contributed by atoms with E-state index >= 15 is 0 Å². The highest BCUT2D eigenvalue weighted by Crippen LogP contribution is 2.41. The van der Waals surface area contributed by atoms with Crippen LogP contribution in [0.25, 0.3) is 10.4 Å². The topological polar surface area (TPSA) is 73.8 Å². The molecule has 0 saturated carbocycles. The highest BCUT2D eigenvalue weighted by molar-refractivity contribution is 7.15. The van der Waals surface area contributed by atoms with Gasteiger partial charge in [0, 0.05) is 21.7 Å². The van der Waals surface area contributed by atoms with Gasteiger partial charge in [-0.1, -0.05) is 132 Å². The van der Waals surface area contributed by atoms with E-state index in [4.69, 9.17) is 37.9 Å². The highest BCUT2D eigenvalue weighted by atomic mass is 32.1. The van der Waals surface area contributed by atoms with Crippen LogP contribution in [0.15, 0.2) is 84.9 Å². The van der Waals surface area contributed by atoms with Gasteiger partial charge in [0.25, 0.3) is 0 Å². The molecule has 76 heavy (non-hydrogen) atoms. The lowest BCUT2D eigenvalue weighted by Gasteiger charge is -2.25. The van der Waals surface area contributed by atoms with E-state index in [-0.39, 0.29) is 21.7 Å². The molecule has 0 spiro atoms. The molecular formula is C67H92O8S. The van der Waals surface area contributed by atoms with Crippen molar-refractivity contribution in [2.75, 3.05) is 67.1 Å². The molecule has 9 heteroatoms. The third-order valence-electron chi connectivity index (χ3n) is 13.5. The molecule has 0 aliphatic carbocycles. The quantitative estimate of drug-likeness (QED) is 0.0660. The van der Waals surface area contributed by atoms with E-state index in [1.54, 1.807) is 25.6 Å². The Labute approximate surface area is 462 Å². The second kappa shape index (κ2) is 26.7. The average molecular weight is 1060 g/mol. The van der Waals surface area contributed by atoms with Crippen molar-refractivity contribution in [2.45, 2.75) is 153 Å². The molecule has 0 radical (unpaired) electrons. The second-order valence-corrected chi connectivity index (χ2v) is 25.5. The third-order valence-corrected chi connectivity index (χ3v) is 14.6. The van der Waals surface area contributed by atoms with Crippen LogP contribution in [-0.4, -0.2) is 67.1 Å². The van der Waals surface area contributed by atoms with Crippen molar-refractivity contribution in [3.63, 3.8) is 0 Å². The maximum Gasteiger partial charge on any atom is 0.128 e. The molecule has 0 atom stereocenters. The number of methoxy groups -OCH3 is 2. The van der Waals surface area contributed by atoms with Gasteiger partial charge in [-0.15, -0.1) is 11.3 Å². The van der Waals surface area contributed by atoms with Crippen molar-refractivity contribution in [1.29, 1.82) is 0 Å². The summed E-state index contributed by atoms with van der Waals surface area (Å²) in [5.74, 6) is 5.32. The zero-order valence-corrected chi connectivity index (χ0v) is 50.9. The van der Waals surface area contributed by atoms with Crippen molar-refractivity contribution in [1.82, 2.24) is 0 Å². The normalized spacial score (nSPS) is 12.0. The minimum atomic E-state index is -0.00635. The first kappa shape index (κ1) is 61.4. The molecule has 0 amide bonds. The molecule has 1 heterocycles. The van der Waals surface area contributed by atoms with E-state index in [0.29, 0.717) is 59.3 Å². The van der Waals surface area contributed by atoms with Gasteiger partial charge in [0.2, 0.25) is 0 Å². The van der Waals surface area contributed by atoms with Crippen molar-refractivity contribution in [3.05, 3.63) is 151 Å². The fourth-order valence-electron chi connectivity index (χ4n) is 8.90. The van der Waals surface area contributed by atoms with E-state index in [2.05, 4.69) is 197 Å². The van der Waals surface area contributed by atoms with Crippen LogP contribution in [0.2, 0.25) is 0 Å². The highest BCUT2D eigenvalue weighted by Gasteiger charge is 2.23. The first-order valence-electron chi connectivity index (χ1n) is 27.1. The number of rotatable bonds is 21. The Kier molecular flexibility index (Phi) is 21.6. The van der Waals surface area contributed by atoms with Gasteiger partial charge in [0.15, 0.2) is 0 Å². The van der Waals surface area contributed by atoms with Crippen molar-refractivity contribution in [3.8, 4) is 44.9 Å². The average Bonchev–Trinajstić information content (AvgIpc) is 3.77. The van der Waals surface area contributed by atoms with E-state index in [0.717, 1.165) is 78.3 Å². The zero-order chi connectivity index (χ0) is 56.2. The maximum absolute atomic E-state index is 6.54. The van der Waals surface area contributed by atoms with Crippen LogP contribution < -0.4 is 28.4 Å². The third kappa shape index (κ3) is 17.5. The molecule has 5 aromatic carbocycles. The minimum absolute atomic E-state index is 0.00635. The van der Waals surface area contributed by atoms with Crippen LogP contribution in [0.4, 0.5) is 0 Å². The summed E-state index contributed by atoms with van der Waals surface area (Å²) in [6.45, 7) is 43.0. The van der Waals surface area contributed by atoms with Gasteiger partial charge in [-0.2, -0.15) is 0 Å². The Morgan fingerprint density at radius 2 is 0.776 bits per heavy atom. The summed E-state index contributed by atoms with van der Waals surface area (Å²) in [4.78, 5) is 2.36. The van der Waals surface area contributed by atoms with Crippen molar-refractivity contribution in [2.24, 2.45) is 0 Å². The Balaban J connectivity index is 0.000000715. The van der Waals surface area contributed by atoms with E-state index in [1.807, 2.05) is 13.0 Å². The number of hydrogen-bond acceptors (Lipinski definition) is 9. The summed E-state index contributed by atoms with van der Waals surface area (Å²) < 4.78 is 48.3. The van der Waals surface area contributed by atoms with E-state index < -0.39 is 0 Å². The van der Waals surface area contributed by atoms with Crippen molar-refractivity contribution >= 4 is 11.3 Å². The van der Waals surface area contributed by atoms with Crippen LogP contribution in [0.3, 0.4) is 0 Å². The van der Waals surface area contributed by atoms with Gasteiger partial charge in [0.1, 0.15) is 60.9 Å². The predicted molar refractivity (Wildman–Crippen MR) is 318 cm³/mol. The van der Waals surface area contributed by atoms with Crippen LogP contribution in [-0.2, 0) is 37.6 Å². The lowest BCUT2D eigenvalue weighted by Crippen LogP contribution is -2.16. The molecule has 6 rings (SSSR count). The molecule has 0 aliphatic rings. The Morgan fingerprint density at radius 3 is 1.22 bits per heavy atom. The molecule has 0 bridgehead atoms. The van der Waals surface area contributed by atoms with Gasteiger partial charge in [0.05, 0.1) is 40.6 Å². The Morgan fingerprint density at radius 1 is 0.355 bits per heavy atom. The summed E-state index contributed by atoms with van der Waals surface area (Å²) in [5, 5.41) is 0. The number of hydrogen-bond donors (Lipinski definition) is 0. The predicted octanol–water partition coefficient (Wildman–Crippen LogP) is 16.7. The number of thiophene rings is 1. The summed E-state index contributed by atoms with van der Waals surface area (Å²) in [7, 11) is 3.47. The molecule has 0 saturated heterocycles. The minimum Gasteiger partial charge on any atom is -0.496 e. The second-order valence-electron chi connectivity index (χ2n) is 24.3. The number of ether oxygens (including phenoxy) is 8. The Hall–Kier alpha value is -5.48. The molecule has 6 aromatic rings. The van der Waals surface area contributed by atoms with Gasteiger partial charge < -0.3 is 37.9 Å². The van der Waals surface area contributed by atoms with E-state index in [1.165, 1.54) is 32.7 Å². The van der Waals surface area contributed by atoms with Crippen LogP contribution in [0, 0.1) is 41.5 Å². The smallest absolute Gasteiger partial charge is 0.128 e. The summed E-state index contributed by atoms with van der Waals surface area (Å²) in [6.07, 6.45) is 0.703. The summed E-state index contributed by atoms with van der Waals surface area (Å²) in [6, 6.07) is 30.3. The van der Waals surface area contributed by atoms with Crippen LogP contribution >= 0.6 is 11.3 Å². The lowest BCUT2D eigenvalue weighted by atomic mass is 9.82. The lowest BCUT2D eigenvalue weighted by molar-refractivity contribution is 0.0753.